The summed E-state index contributed by atoms with van der Waals surface area (Å²) >= 11 is 1.72. The van der Waals surface area contributed by atoms with Crippen molar-refractivity contribution in [2.24, 2.45) is 0 Å². The summed E-state index contributed by atoms with van der Waals surface area (Å²) in [6, 6.07) is 11.3. The molecule has 0 bridgehead atoms. The molecule has 2 N–H and O–H groups in total. The smallest absolute Gasteiger partial charge is 0.224 e. The van der Waals surface area contributed by atoms with E-state index < -0.39 is 0 Å². The number of amides is 1. The number of anilines is 1. The lowest BCUT2D eigenvalue weighted by atomic mass is 10.2. The number of hydrogen-bond donors (Lipinski definition) is 2. The molecule has 1 aromatic heterocycles. The van der Waals surface area contributed by atoms with Crippen molar-refractivity contribution >= 4 is 22.9 Å². The van der Waals surface area contributed by atoms with Gasteiger partial charge in [0.1, 0.15) is 12.4 Å². The number of rotatable bonds is 8. The molecule has 0 spiro atoms. The predicted molar refractivity (Wildman–Crippen MR) is 84.9 cm³/mol. The molecule has 0 unspecified atom stereocenters. The zero-order valence-electron chi connectivity index (χ0n) is 11.7. The minimum absolute atomic E-state index is 0.0112. The summed E-state index contributed by atoms with van der Waals surface area (Å²) in [6.07, 6.45) is 2.31. The van der Waals surface area contributed by atoms with Gasteiger partial charge in [-0.15, -0.1) is 11.3 Å². The molecule has 0 aliphatic heterocycles. The lowest BCUT2D eigenvalue weighted by Gasteiger charge is -2.07. The van der Waals surface area contributed by atoms with E-state index in [9.17, 15) is 4.79 Å². The number of aliphatic hydroxyl groups is 1. The SMILES string of the molecule is O=C(CCCc1cccs1)Nc1ccc(OCCO)cc1. The number of aryl methyl sites for hydroxylation is 1. The Bertz CT molecular complexity index is 537. The van der Waals surface area contributed by atoms with Crippen molar-refractivity contribution in [3.05, 3.63) is 46.7 Å². The van der Waals surface area contributed by atoms with Crippen molar-refractivity contribution in [1.29, 1.82) is 0 Å². The summed E-state index contributed by atoms with van der Waals surface area (Å²) in [6.45, 7) is 0.261. The fraction of sp³-hybridized carbons (Fsp3) is 0.312. The molecule has 4 nitrogen and oxygen atoms in total. The molecule has 112 valence electrons. The average molecular weight is 305 g/mol. The normalized spacial score (nSPS) is 10.3. The number of carbonyl (C=O) groups excluding carboxylic acids is 1. The van der Waals surface area contributed by atoms with Gasteiger partial charge in [0.25, 0.3) is 0 Å². The van der Waals surface area contributed by atoms with Crippen molar-refractivity contribution in [3.8, 4) is 5.75 Å². The highest BCUT2D eigenvalue weighted by Crippen LogP contribution is 2.16. The molecule has 21 heavy (non-hydrogen) atoms. The molecule has 0 radical (unpaired) electrons. The van der Waals surface area contributed by atoms with Crippen LogP contribution in [0.5, 0.6) is 5.75 Å². The van der Waals surface area contributed by atoms with Gasteiger partial charge in [-0.3, -0.25) is 4.79 Å². The number of thiophene rings is 1. The Labute approximate surface area is 128 Å². The zero-order valence-corrected chi connectivity index (χ0v) is 12.6. The van der Waals surface area contributed by atoms with E-state index in [4.69, 9.17) is 9.84 Å². The number of hydrogen-bond acceptors (Lipinski definition) is 4. The van der Waals surface area contributed by atoms with E-state index in [1.165, 1.54) is 4.88 Å². The lowest BCUT2D eigenvalue weighted by molar-refractivity contribution is -0.116. The third kappa shape index (κ3) is 5.57. The van der Waals surface area contributed by atoms with Crippen LogP contribution in [0.4, 0.5) is 5.69 Å². The summed E-state index contributed by atoms with van der Waals surface area (Å²) in [5.74, 6) is 0.704. The molecule has 0 atom stereocenters. The topological polar surface area (TPSA) is 58.6 Å². The van der Waals surface area contributed by atoms with Gasteiger partial charge in [-0.1, -0.05) is 6.07 Å². The standard InChI is InChI=1S/C16H19NO3S/c18-10-11-20-14-8-6-13(7-9-14)17-16(19)5-1-3-15-4-2-12-21-15/h2,4,6-9,12,18H,1,3,5,10-11H2,(H,17,19). The van der Waals surface area contributed by atoms with Crippen LogP contribution in [-0.2, 0) is 11.2 Å². The zero-order chi connectivity index (χ0) is 14.9. The minimum atomic E-state index is -0.0112. The Morgan fingerprint density at radius 2 is 2.05 bits per heavy atom. The first-order valence-corrected chi connectivity index (χ1v) is 7.82. The Morgan fingerprint density at radius 1 is 1.24 bits per heavy atom. The molecule has 0 aliphatic rings. The van der Waals surface area contributed by atoms with E-state index in [-0.39, 0.29) is 19.1 Å². The molecular weight excluding hydrogens is 286 g/mol. The van der Waals surface area contributed by atoms with E-state index in [2.05, 4.69) is 16.8 Å². The molecule has 1 heterocycles. The van der Waals surface area contributed by atoms with E-state index >= 15 is 0 Å². The fourth-order valence-electron chi connectivity index (χ4n) is 1.90. The number of carbonyl (C=O) groups is 1. The molecule has 0 saturated heterocycles. The maximum absolute atomic E-state index is 11.8. The molecule has 5 heteroatoms. The van der Waals surface area contributed by atoms with Gasteiger partial charge in [0.15, 0.2) is 0 Å². The van der Waals surface area contributed by atoms with Gasteiger partial charge < -0.3 is 15.2 Å². The molecule has 1 aromatic carbocycles. The molecule has 2 aromatic rings. The third-order valence-electron chi connectivity index (χ3n) is 2.91. The summed E-state index contributed by atoms with van der Waals surface area (Å²) < 4.78 is 5.26. The van der Waals surface area contributed by atoms with Gasteiger partial charge in [0, 0.05) is 17.0 Å². The highest BCUT2D eigenvalue weighted by molar-refractivity contribution is 7.09. The van der Waals surface area contributed by atoms with Crippen molar-refractivity contribution in [3.63, 3.8) is 0 Å². The molecule has 2 rings (SSSR count). The predicted octanol–water partition coefficient (Wildman–Crippen LogP) is 3.08. The van der Waals surface area contributed by atoms with Gasteiger partial charge >= 0.3 is 0 Å². The summed E-state index contributed by atoms with van der Waals surface area (Å²) in [5.41, 5.74) is 0.757. The van der Waals surface area contributed by atoms with Crippen LogP contribution in [0.1, 0.15) is 17.7 Å². The number of aliphatic hydroxyl groups excluding tert-OH is 1. The fourth-order valence-corrected chi connectivity index (χ4v) is 2.65. The van der Waals surface area contributed by atoms with E-state index in [0.717, 1.165) is 18.5 Å². The first-order chi connectivity index (χ1) is 10.3. The Kier molecular flexibility index (Phi) is 6.24. The highest BCUT2D eigenvalue weighted by Gasteiger charge is 2.03. The second kappa shape index (κ2) is 8.44. The van der Waals surface area contributed by atoms with Gasteiger partial charge in [0.2, 0.25) is 5.91 Å². The van der Waals surface area contributed by atoms with Crippen molar-refractivity contribution in [1.82, 2.24) is 0 Å². The maximum Gasteiger partial charge on any atom is 0.224 e. The lowest BCUT2D eigenvalue weighted by Crippen LogP contribution is -2.11. The minimum Gasteiger partial charge on any atom is -0.491 e. The van der Waals surface area contributed by atoms with Crippen LogP contribution in [0.2, 0.25) is 0 Å². The number of benzene rings is 1. The molecule has 0 fully saturated rings. The molecule has 1 amide bonds. The van der Waals surface area contributed by atoms with Gasteiger partial charge in [0.05, 0.1) is 6.61 Å². The average Bonchev–Trinajstić information content (AvgIpc) is 3.00. The largest absolute Gasteiger partial charge is 0.491 e. The van der Waals surface area contributed by atoms with Crippen LogP contribution in [0, 0.1) is 0 Å². The Morgan fingerprint density at radius 3 is 2.71 bits per heavy atom. The Hall–Kier alpha value is -1.85. The maximum atomic E-state index is 11.8. The van der Waals surface area contributed by atoms with Crippen molar-refractivity contribution < 1.29 is 14.6 Å². The van der Waals surface area contributed by atoms with Crippen LogP contribution in [0.15, 0.2) is 41.8 Å². The highest BCUT2D eigenvalue weighted by atomic mass is 32.1. The summed E-state index contributed by atoms with van der Waals surface area (Å²) in [4.78, 5) is 13.1. The molecular formula is C16H19NO3S. The van der Waals surface area contributed by atoms with Crippen LogP contribution >= 0.6 is 11.3 Å². The second-order valence-corrected chi connectivity index (χ2v) is 5.61. The molecule has 0 saturated carbocycles. The second-order valence-electron chi connectivity index (χ2n) is 4.58. The monoisotopic (exact) mass is 305 g/mol. The number of ether oxygens (including phenoxy) is 1. The van der Waals surface area contributed by atoms with Crippen LogP contribution in [-0.4, -0.2) is 24.2 Å². The first-order valence-electron chi connectivity index (χ1n) is 6.94. The van der Waals surface area contributed by atoms with Gasteiger partial charge in [-0.25, -0.2) is 0 Å². The van der Waals surface area contributed by atoms with Gasteiger partial charge in [-0.2, -0.15) is 0 Å². The first kappa shape index (κ1) is 15.5. The Balaban J connectivity index is 1.71. The van der Waals surface area contributed by atoms with Crippen molar-refractivity contribution in [2.75, 3.05) is 18.5 Å². The van der Waals surface area contributed by atoms with Crippen molar-refractivity contribution in [2.45, 2.75) is 19.3 Å². The van der Waals surface area contributed by atoms with E-state index in [1.807, 2.05) is 6.07 Å². The number of nitrogens with one attached hydrogen (secondary N) is 1. The van der Waals surface area contributed by atoms with Gasteiger partial charge in [-0.05, 0) is 48.6 Å². The van der Waals surface area contributed by atoms with Crippen LogP contribution in [0.3, 0.4) is 0 Å². The molecule has 0 aliphatic carbocycles. The van der Waals surface area contributed by atoms with E-state index in [1.54, 1.807) is 35.6 Å². The van der Waals surface area contributed by atoms with Crippen LogP contribution in [0.25, 0.3) is 0 Å². The summed E-state index contributed by atoms with van der Waals surface area (Å²) in [5, 5.41) is 13.6. The van der Waals surface area contributed by atoms with Crippen LogP contribution < -0.4 is 10.1 Å². The summed E-state index contributed by atoms with van der Waals surface area (Å²) in [7, 11) is 0. The third-order valence-corrected chi connectivity index (χ3v) is 3.84. The quantitative estimate of drug-likeness (QED) is 0.788. The van der Waals surface area contributed by atoms with E-state index in [0.29, 0.717) is 12.2 Å².